The lowest BCUT2D eigenvalue weighted by atomic mass is 9.69. The van der Waals surface area contributed by atoms with E-state index in [1.807, 2.05) is 19.1 Å². The van der Waals surface area contributed by atoms with Gasteiger partial charge in [0, 0.05) is 0 Å². The zero-order chi connectivity index (χ0) is 18.9. The molecule has 138 valence electrons. The summed E-state index contributed by atoms with van der Waals surface area (Å²) >= 11 is 0. The maximum absolute atomic E-state index is 11.1. The van der Waals surface area contributed by atoms with Gasteiger partial charge in [0.05, 0.1) is 31.3 Å². The van der Waals surface area contributed by atoms with Crippen LogP contribution in [-0.4, -0.2) is 40.2 Å². The molecule has 4 heteroatoms. The van der Waals surface area contributed by atoms with Crippen LogP contribution in [0.3, 0.4) is 0 Å². The minimum Gasteiger partial charge on any atom is -0.395 e. The first-order valence-corrected chi connectivity index (χ1v) is 8.50. The zero-order valence-corrected chi connectivity index (χ0v) is 16.1. The third kappa shape index (κ3) is 3.99. The molecule has 4 nitrogen and oxygen atoms in total. The van der Waals surface area contributed by atoms with E-state index in [0.29, 0.717) is 5.56 Å². The highest BCUT2D eigenvalue weighted by molar-refractivity contribution is 5.47. The van der Waals surface area contributed by atoms with E-state index in [9.17, 15) is 20.4 Å². The second-order valence-electron chi connectivity index (χ2n) is 9.01. The van der Waals surface area contributed by atoms with Crippen molar-refractivity contribution in [3.8, 4) is 0 Å². The van der Waals surface area contributed by atoms with Gasteiger partial charge in [-0.2, -0.15) is 0 Å². The van der Waals surface area contributed by atoms with Crippen molar-refractivity contribution in [3.63, 3.8) is 0 Å². The second-order valence-corrected chi connectivity index (χ2v) is 9.01. The Morgan fingerprint density at radius 2 is 1.12 bits per heavy atom. The highest BCUT2D eigenvalue weighted by Crippen LogP contribution is 2.44. The third-order valence-corrected chi connectivity index (χ3v) is 4.74. The Morgan fingerprint density at radius 3 is 1.38 bits per heavy atom. The van der Waals surface area contributed by atoms with Crippen LogP contribution >= 0.6 is 0 Å². The molecule has 0 spiro atoms. The van der Waals surface area contributed by atoms with Crippen molar-refractivity contribution in [1.29, 1.82) is 0 Å². The molecule has 0 bridgehead atoms. The normalized spacial score (nSPS) is 14.8. The van der Waals surface area contributed by atoms with E-state index in [2.05, 4.69) is 41.5 Å². The van der Waals surface area contributed by atoms with Gasteiger partial charge in [-0.15, -0.1) is 0 Å². The van der Waals surface area contributed by atoms with Crippen LogP contribution in [0, 0.1) is 12.3 Å². The van der Waals surface area contributed by atoms with Crippen LogP contribution < -0.4 is 0 Å². The Kier molecular flexibility index (Phi) is 6.26. The lowest BCUT2D eigenvalue weighted by Crippen LogP contribution is -2.42. The van der Waals surface area contributed by atoms with Gasteiger partial charge in [0.25, 0.3) is 0 Å². The molecule has 0 aliphatic rings. The summed E-state index contributed by atoms with van der Waals surface area (Å²) in [4.78, 5) is 0. The zero-order valence-electron chi connectivity index (χ0n) is 16.1. The predicted molar refractivity (Wildman–Crippen MR) is 97.2 cm³/mol. The van der Waals surface area contributed by atoms with Crippen LogP contribution in [0.5, 0.6) is 0 Å². The molecular weight excluding hydrogens is 304 g/mol. The van der Waals surface area contributed by atoms with Gasteiger partial charge in [0.2, 0.25) is 0 Å². The lowest BCUT2D eigenvalue weighted by Gasteiger charge is -2.39. The molecule has 0 aromatic heterocycles. The maximum Gasteiger partial charge on any atom is 0.0918 e. The maximum atomic E-state index is 11.1. The first-order chi connectivity index (χ1) is 10.8. The average molecular weight is 338 g/mol. The molecule has 1 atom stereocenters. The number of aliphatic hydroxyl groups is 4. The summed E-state index contributed by atoms with van der Waals surface area (Å²) in [6.07, 6.45) is -1.17. The summed E-state index contributed by atoms with van der Waals surface area (Å²) in [6.45, 7) is 13.0. The summed E-state index contributed by atoms with van der Waals surface area (Å²) in [7, 11) is 0. The van der Waals surface area contributed by atoms with Crippen LogP contribution in [0.4, 0.5) is 0 Å². The van der Waals surface area contributed by atoms with E-state index < -0.39 is 31.3 Å². The van der Waals surface area contributed by atoms with Crippen LogP contribution in [0.1, 0.15) is 69.9 Å². The van der Waals surface area contributed by atoms with Gasteiger partial charge in [-0.05, 0) is 34.4 Å². The highest BCUT2D eigenvalue weighted by atomic mass is 16.3. The van der Waals surface area contributed by atoms with Gasteiger partial charge in [0.15, 0.2) is 0 Å². The minimum absolute atomic E-state index is 0.228. The first kappa shape index (κ1) is 21.1. The molecule has 24 heavy (non-hydrogen) atoms. The van der Waals surface area contributed by atoms with Gasteiger partial charge in [0.1, 0.15) is 0 Å². The molecule has 0 aliphatic carbocycles. The van der Waals surface area contributed by atoms with Crippen molar-refractivity contribution < 1.29 is 20.4 Å². The summed E-state index contributed by atoms with van der Waals surface area (Å²) < 4.78 is 0. The Labute approximate surface area is 146 Å². The molecular formula is C20H34O4. The standard InChI is InChI=1S/C20H34O4/c1-13-8-14(18(2,3)4)16(15(9-13)19(5,6)7)17(24)20(10-21,11-22)12-23/h8-9,17,21-24H,10-12H2,1-7H3. The van der Waals surface area contributed by atoms with Crippen molar-refractivity contribution in [2.24, 2.45) is 5.41 Å². The van der Waals surface area contributed by atoms with E-state index >= 15 is 0 Å². The van der Waals surface area contributed by atoms with Gasteiger partial charge in [-0.1, -0.05) is 59.2 Å². The molecule has 0 amide bonds. The van der Waals surface area contributed by atoms with Gasteiger partial charge >= 0.3 is 0 Å². The fourth-order valence-corrected chi connectivity index (χ4v) is 3.05. The number of aliphatic hydroxyl groups excluding tert-OH is 4. The quantitative estimate of drug-likeness (QED) is 0.665. The summed E-state index contributed by atoms with van der Waals surface area (Å²) in [5, 5.41) is 40.4. The Bertz CT molecular complexity index is 517. The van der Waals surface area contributed by atoms with Crippen molar-refractivity contribution in [1.82, 2.24) is 0 Å². The third-order valence-electron chi connectivity index (χ3n) is 4.74. The van der Waals surface area contributed by atoms with Crippen LogP contribution in [0.2, 0.25) is 0 Å². The summed E-state index contributed by atoms with van der Waals surface area (Å²) in [6, 6.07) is 4.09. The second kappa shape index (κ2) is 7.12. The SMILES string of the molecule is Cc1cc(C(C)(C)C)c(C(O)C(CO)(CO)CO)c(C(C)(C)C)c1. The fraction of sp³-hybridized carbons (Fsp3) is 0.700. The molecule has 0 radical (unpaired) electrons. The number of benzene rings is 1. The van der Waals surface area contributed by atoms with E-state index in [4.69, 9.17) is 0 Å². The molecule has 0 aliphatic heterocycles. The highest BCUT2D eigenvalue weighted by Gasteiger charge is 2.42. The van der Waals surface area contributed by atoms with E-state index in [1.54, 1.807) is 0 Å². The monoisotopic (exact) mass is 338 g/mol. The Morgan fingerprint density at radius 1 is 0.792 bits per heavy atom. The van der Waals surface area contributed by atoms with E-state index in [-0.39, 0.29) is 10.8 Å². The predicted octanol–water partition coefficient (Wildman–Crippen LogP) is 2.59. The van der Waals surface area contributed by atoms with Crippen molar-refractivity contribution >= 4 is 0 Å². The van der Waals surface area contributed by atoms with Crippen molar-refractivity contribution in [3.05, 3.63) is 34.4 Å². The van der Waals surface area contributed by atoms with Gasteiger partial charge in [-0.3, -0.25) is 0 Å². The summed E-state index contributed by atoms with van der Waals surface area (Å²) in [5.74, 6) is 0. The largest absolute Gasteiger partial charge is 0.395 e. The Hall–Kier alpha value is -0.940. The molecule has 4 N–H and O–H groups in total. The van der Waals surface area contributed by atoms with Crippen LogP contribution in [-0.2, 0) is 10.8 Å². The number of rotatable bonds is 5. The topological polar surface area (TPSA) is 80.9 Å². The van der Waals surface area contributed by atoms with Crippen molar-refractivity contribution in [2.45, 2.75) is 65.4 Å². The molecule has 1 aromatic rings. The molecule has 1 rings (SSSR count). The fourth-order valence-electron chi connectivity index (χ4n) is 3.05. The van der Waals surface area contributed by atoms with Gasteiger partial charge in [-0.25, -0.2) is 0 Å². The van der Waals surface area contributed by atoms with E-state index in [1.165, 1.54) is 0 Å². The summed E-state index contributed by atoms with van der Waals surface area (Å²) in [5.41, 5.74) is 1.92. The number of hydrogen-bond donors (Lipinski definition) is 4. The van der Waals surface area contributed by atoms with Crippen LogP contribution in [0.15, 0.2) is 12.1 Å². The average Bonchev–Trinajstić information content (AvgIpc) is 2.46. The molecule has 0 saturated carbocycles. The van der Waals surface area contributed by atoms with Gasteiger partial charge < -0.3 is 20.4 Å². The first-order valence-electron chi connectivity index (χ1n) is 8.50. The van der Waals surface area contributed by atoms with Crippen LogP contribution in [0.25, 0.3) is 0 Å². The minimum atomic E-state index is -1.38. The number of aryl methyl sites for hydroxylation is 1. The number of hydrogen-bond acceptors (Lipinski definition) is 4. The molecule has 0 saturated heterocycles. The molecule has 0 heterocycles. The van der Waals surface area contributed by atoms with Crippen molar-refractivity contribution in [2.75, 3.05) is 19.8 Å². The lowest BCUT2D eigenvalue weighted by molar-refractivity contribution is -0.0862. The molecule has 1 aromatic carbocycles. The Balaban J connectivity index is 3.83. The molecule has 0 fully saturated rings. The smallest absolute Gasteiger partial charge is 0.0918 e. The molecule has 1 unspecified atom stereocenters. The van der Waals surface area contributed by atoms with E-state index in [0.717, 1.165) is 16.7 Å².